The molecule has 1 aromatic heterocycles. The van der Waals surface area contributed by atoms with E-state index in [1.165, 1.54) is 11.3 Å². The largest absolute Gasteiger partial charge is 0.454 e. The van der Waals surface area contributed by atoms with Crippen molar-refractivity contribution in [3.63, 3.8) is 0 Å². The predicted octanol–water partition coefficient (Wildman–Crippen LogP) is 2.52. The normalized spacial score (nSPS) is 15.2. The number of ether oxygens (including phenoxy) is 2. The Morgan fingerprint density at radius 3 is 2.80 bits per heavy atom. The van der Waals surface area contributed by atoms with Gasteiger partial charge in [0.1, 0.15) is 4.21 Å². The van der Waals surface area contributed by atoms with Crippen molar-refractivity contribution < 1.29 is 17.9 Å². The van der Waals surface area contributed by atoms with Gasteiger partial charge in [-0.05, 0) is 36.1 Å². The zero-order valence-electron chi connectivity index (χ0n) is 10.7. The number of fused-ring (bicyclic) bond motifs is 1. The molecular weight excluding hydrogens is 298 g/mol. The summed E-state index contributed by atoms with van der Waals surface area (Å²) in [6.07, 6.45) is 0. The maximum absolute atomic E-state index is 12.2. The fourth-order valence-electron chi connectivity index (χ4n) is 1.96. The Balaban J connectivity index is 1.81. The number of benzene rings is 1. The molecule has 1 aliphatic heterocycles. The first-order valence-corrected chi connectivity index (χ1v) is 8.38. The van der Waals surface area contributed by atoms with E-state index in [1.54, 1.807) is 36.6 Å². The molecule has 20 heavy (non-hydrogen) atoms. The van der Waals surface area contributed by atoms with Crippen LogP contribution in [-0.4, -0.2) is 15.2 Å². The summed E-state index contributed by atoms with van der Waals surface area (Å²) >= 11 is 1.19. The van der Waals surface area contributed by atoms with Crippen LogP contribution < -0.4 is 14.2 Å². The van der Waals surface area contributed by atoms with Gasteiger partial charge in [0.2, 0.25) is 6.79 Å². The molecule has 1 atom stereocenters. The Morgan fingerprint density at radius 1 is 1.25 bits per heavy atom. The zero-order valence-corrected chi connectivity index (χ0v) is 12.3. The van der Waals surface area contributed by atoms with Crippen LogP contribution in [0.3, 0.4) is 0 Å². The molecule has 0 fully saturated rings. The molecule has 0 spiro atoms. The fourth-order valence-corrected chi connectivity index (χ4v) is 4.20. The Hall–Kier alpha value is -1.57. The lowest BCUT2D eigenvalue weighted by Gasteiger charge is -2.14. The molecule has 0 saturated heterocycles. The SMILES string of the molecule is CC(NS(=O)(=O)c1cccs1)c1ccc2c(c1)OCO2. The van der Waals surface area contributed by atoms with Crippen molar-refractivity contribution in [3.8, 4) is 11.5 Å². The highest BCUT2D eigenvalue weighted by Crippen LogP contribution is 2.34. The maximum Gasteiger partial charge on any atom is 0.250 e. The highest BCUT2D eigenvalue weighted by atomic mass is 32.2. The van der Waals surface area contributed by atoms with E-state index in [0.717, 1.165) is 5.56 Å². The third kappa shape index (κ3) is 2.52. The van der Waals surface area contributed by atoms with Crippen molar-refractivity contribution in [2.45, 2.75) is 17.2 Å². The zero-order chi connectivity index (χ0) is 14.2. The molecular formula is C13H13NO4S2. The third-order valence-corrected chi connectivity index (χ3v) is 5.93. The van der Waals surface area contributed by atoms with Gasteiger partial charge in [-0.3, -0.25) is 0 Å². The van der Waals surface area contributed by atoms with Crippen molar-refractivity contribution >= 4 is 21.4 Å². The molecule has 106 valence electrons. The molecule has 3 rings (SSSR count). The van der Waals surface area contributed by atoms with Gasteiger partial charge in [0, 0.05) is 6.04 Å². The molecule has 1 unspecified atom stereocenters. The smallest absolute Gasteiger partial charge is 0.250 e. The quantitative estimate of drug-likeness (QED) is 0.942. The topological polar surface area (TPSA) is 64.6 Å². The summed E-state index contributed by atoms with van der Waals surface area (Å²) in [5.41, 5.74) is 0.828. The van der Waals surface area contributed by atoms with Gasteiger partial charge in [0.25, 0.3) is 10.0 Å². The van der Waals surface area contributed by atoms with E-state index in [2.05, 4.69) is 4.72 Å². The van der Waals surface area contributed by atoms with Crippen molar-refractivity contribution in [1.29, 1.82) is 0 Å². The lowest BCUT2D eigenvalue weighted by atomic mass is 10.1. The van der Waals surface area contributed by atoms with Crippen LogP contribution in [0.4, 0.5) is 0 Å². The van der Waals surface area contributed by atoms with Gasteiger partial charge in [0.05, 0.1) is 0 Å². The fraction of sp³-hybridized carbons (Fsp3) is 0.231. The van der Waals surface area contributed by atoms with Crippen LogP contribution in [0.5, 0.6) is 11.5 Å². The van der Waals surface area contributed by atoms with Gasteiger partial charge < -0.3 is 9.47 Å². The van der Waals surface area contributed by atoms with Crippen LogP contribution >= 0.6 is 11.3 Å². The summed E-state index contributed by atoms with van der Waals surface area (Å²) in [6.45, 7) is 2.00. The van der Waals surface area contributed by atoms with Gasteiger partial charge in [-0.15, -0.1) is 11.3 Å². The first kappa shape index (κ1) is 13.4. The Kier molecular flexibility index (Phi) is 3.41. The third-order valence-electron chi connectivity index (χ3n) is 2.99. The average molecular weight is 311 g/mol. The Labute approximate surface area is 121 Å². The minimum Gasteiger partial charge on any atom is -0.454 e. The van der Waals surface area contributed by atoms with E-state index in [4.69, 9.17) is 9.47 Å². The molecule has 0 amide bonds. The van der Waals surface area contributed by atoms with Crippen LogP contribution in [0, 0.1) is 0 Å². The van der Waals surface area contributed by atoms with E-state index >= 15 is 0 Å². The van der Waals surface area contributed by atoms with Crippen LogP contribution in [0.2, 0.25) is 0 Å². The van der Waals surface area contributed by atoms with E-state index in [9.17, 15) is 8.42 Å². The summed E-state index contributed by atoms with van der Waals surface area (Å²) in [4.78, 5) is 0. The standard InChI is InChI=1S/C13H13NO4S2/c1-9(14-20(15,16)13-3-2-6-19-13)10-4-5-11-12(7-10)18-8-17-11/h2-7,9,14H,8H2,1H3. The molecule has 0 aliphatic carbocycles. The number of hydrogen-bond acceptors (Lipinski definition) is 5. The second-order valence-electron chi connectivity index (χ2n) is 4.39. The van der Waals surface area contributed by atoms with E-state index < -0.39 is 10.0 Å². The van der Waals surface area contributed by atoms with Crippen molar-refractivity contribution in [2.24, 2.45) is 0 Å². The molecule has 0 bridgehead atoms. The molecule has 1 N–H and O–H groups in total. The minimum absolute atomic E-state index is 0.202. The summed E-state index contributed by atoms with van der Waals surface area (Å²) in [6, 6.07) is 8.35. The lowest BCUT2D eigenvalue weighted by molar-refractivity contribution is 0.174. The monoisotopic (exact) mass is 311 g/mol. The second-order valence-corrected chi connectivity index (χ2v) is 7.28. The summed E-state index contributed by atoms with van der Waals surface area (Å²) in [7, 11) is -3.48. The van der Waals surface area contributed by atoms with E-state index in [1.807, 2.05) is 6.07 Å². The van der Waals surface area contributed by atoms with Crippen LogP contribution in [0.15, 0.2) is 39.9 Å². The highest BCUT2D eigenvalue weighted by Gasteiger charge is 2.21. The van der Waals surface area contributed by atoms with Crippen LogP contribution in [0.1, 0.15) is 18.5 Å². The first-order valence-electron chi connectivity index (χ1n) is 6.02. The predicted molar refractivity (Wildman–Crippen MR) is 75.6 cm³/mol. The molecule has 0 saturated carbocycles. The summed E-state index contributed by atoms with van der Waals surface area (Å²) < 4.78 is 37.8. The Morgan fingerprint density at radius 2 is 2.05 bits per heavy atom. The number of hydrogen-bond donors (Lipinski definition) is 1. The van der Waals surface area contributed by atoms with Crippen LogP contribution in [-0.2, 0) is 10.0 Å². The van der Waals surface area contributed by atoms with E-state index in [-0.39, 0.29) is 12.8 Å². The molecule has 7 heteroatoms. The van der Waals surface area contributed by atoms with Crippen molar-refractivity contribution in [2.75, 3.05) is 6.79 Å². The number of thiophene rings is 1. The molecule has 1 aliphatic rings. The minimum atomic E-state index is -3.48. The van der Waals surface area contributed by atoms with Gasteiger partial charge in [-0.2, -0.15) is 0 Å². The number of nitrogens with one attached hydrogen (secondary N) is 1. The molecule has 5 nitrogen and oxygen atoms in total. The van der Waals surface area contributed by atoms with Gasteiger partial charge >= 0.3 is 0 Å². The Bertz CT molecular complexity index is 710. The molecule has 2 aromatic rings. The van der Waals surface area contributed by atoms with Gasteiger partial charge in [0.15, 0.2) is 11.5 Å². The number of rotatable bonds is 4. The van der Waals surface area contributed by atoms with E-state index in [0.29, 0.717) is 15.7 Å². The molecule has 1 aromatic carbocycles. The van der Waals surface area contributed by atoms with Crippen molar-refractivity contribution in [1.82, 2.24) is 4.72 Å². The highest BCUT2D eigenvalue weighted by molar-refractivity contribution is 7.91. The lowest BCUT2D eigenvalue weighted by Crippen LogP contribution is -2.26. The van der Waals surface area contributed by atoms with Gasteiger partial charge in [-0.25, -0.2) is 13.1 Å². The van der Waals surface area contributed by atoms with Crippen LogP contribution in [0.25, 0.3) is 0 Å². The first-order chi connectivity index (χ1) is 9.56. The average Bonchev–Trinajstić information content (AvgIpc) is 3.09. The molecule has 0 radical (unpaired) electrons. The van der Waals surface area contributed by atoms with Crippen molar-refractivity contribution in [3.05, 3.63) is 41.3 Å². The number of sulfonamides is 1. The summed E-state index contributed by atoms with van der Waals surface area (Å²) in [5, 5.41) is 1.74. The molecule has 2 heterocycles. The van der Waals surface area contributed by atoms with Gasteiger partial charge in [-0.1, -0.05) is 12.1 Å². The summed E-state index contributed by atoms with van der Waals surface area (Å²) in [5.74, 6) is 1.33. The maximum atomic E-state index is 12.2. The second kappa shape index (κ2) is 5.08.